The lowest BCUT2D eigenvalue weighted by Gasteiger charge is -2.27. The number of nitrogen functional groups attached to an aromatic ring is 1. The molecule has 11 nitrogen and oxygen atoms in total. The van der Waals surface area contributed by atoms with E-state index in [1.165, 1.54) is 0 Å². The van der Waals surface area contributed by atoms with Gasteiger partial charge in [0.2, 0.25) is 5.95 Å². The number of fused-ring (bicyclic) bond motifs is 1. The third kappa shape index (κ3) is 6.46. The lowest BCUT2D eigenvalue weighted by molar-refractivity contribution is 0.0695. The molecule has 4 rings (SSSR count). The first-order valence-electron chi connectivity index (χ1n) is 14.9. The number of hydrogen-bond acceptors (Lipinski definition) is 10. The van der Waals surface area contributed by atoms with E-state index in [-0.39, 0.29) is 22.8 Å². The van der Waals surface area contributed by atoms with Crippen LogP contribution in [-0.2, 0) is 5.41 Å². The van der Waals surface area contributed by atoms with E-state index in [1.54, 1.807) is 7.11 Å². The number of anilines is 6. The number of carboxylic acids is 1. The van der Waals surface area contributed by atoms with Gasteiger partial charge in [-0.2, -0.15) is 4.98 Å². The second kappa shape index (κ2) is 12.6. The summed E-state index contributed by atoms with van der Waals surface area (Å²) in [4.78, 5) is 33.4. The number of carbonyl (C=O) groups is 1. The van der Waals surface area contributed by atoms with Crippen LogP contribution in [0.25, 0.3) is 0 Å². The van der Waals surface area contributed by atoms with Crippen molar-refractivity contribution < 1.29 is 14.6 Å². The number of aryl methyl sites for hydroxylation is 1. The maximum atomic E-state index is 12.7. The van der Waals surface area contributed by atoms with E-state index in [4.69, 9.17) is 25.4 Å². The number of pyridine rings is 1. The van der Waals surface area contributed by atoms with Crippen molar-refractivity contribution in [2.45, 2.75) is 59.8 Å². The van der Waals surface area contributed by atoms with Gasteiger partial charge >= 0.3 is 5.97 Å². The molecule has 0 atom stereocenters. The minimum atomic E-state index is -1.07. The monoisotopic (exact) mass is 590 g/mol. The Morgan fingerprint density at radius 1 is 1.16 bits per heavy atom. The minimum absolute atomic E-state index is 0.0847. The molecule has 0 spiro atoms. The van der Waals surface area contributed by atoms with E-state index in [9.17, 15) is 9.90 Å². The van der Waals surface area contributed by atoms with Crippen LogP contribution in [0.15, 0.2) is 24.3 Å². The van der Waals surface area contributed by atoms with Crippen molar-refractivity contribution in [2.75, 3.05) is 67.7 Å². The lowest BCUT2D eigenvalue weighted by Crippen LogP contribution is -2.33. The third-order valence-corrected chi connectivity index (χ3v) is 8.09. The van der Waals surface area contributed by atoms with Gasteiger partial charge in [-0.15, -0.1) is 0 Å². The van der Waals surface area contributed by atoms with E-state index >= 15 is 0 Å². The third-order valence-electron chi connectivity index (χ3n) is 8.09. The SMILES string of the molecule is CCN(CC)CCN(C)c1cc(OC)c(Nc2nc(C(C)C)c(C(=O)O)c(N3CC(C)(C)c4nc(C)ccc43)n2)cc1N. The standard InChI is InChI=1S/C32H46N8O3/c1-10-39(11-2)15-14-38(8)24-17-25(43-9)22(16-21(24)33)35-31-36-27(19(3)4)26(30(41)42)29(37-31)40-18-32(6,7)28-23(40)13-12-20(5)34-28/h12-13,16-17,19H,10-11,14-15,18,33H2,1-9H3,(H,41,42)(H,35,36,37). The first-order chi connectivity index (χ1) is 20.3. The lowest BCUT2D eigenvalue weighted by atomic mass is 9.91. The van der Waals surface area contributed by atoms with Gasteiger partial charge in [0.05, 0.1) is 41.2 Å². The normalized spacial score (nSPS) is 13.9. The number of rotatable bonds is 12. The van der Waals surface area contributed by atoms with Gasteiger partial charge in [-0.05, 0) is 44.1 Å². The topological polar surface area (TPSA) is 133 Å². The molecule has 2 aromatic heterocycles. The van der Waals surface area contributed by atoms with Crippen molar-refractivity contribution in [3.05, 3.63) is 46.9 Å². The zero-order chi connectivity index (χ0) is 31.6. The first kappa shape index (κ1) is 31.8. The van der Waals surface area contributed by atoms with Crippen LogP contribution < -0.4 is 25.6 Å². The Kier molecular flexibility index (Phi) is 9.34. The molecule has 0 saturated heterocycles. The summed E-state index contributed by atoms with van der Waals surface area (Å²) in [5.41, 5.74) is 11.5. The van der Waals surface area contributed by atoms with Crippen LogP contribution >= 0.6 is 0 Å². The van der Waals surface area contributed by atoms with Crippen molar-refractivity contribution in [3.8, 4) is 5.75 Å². The second-order valence-electron chi connectivity index (χ2n) is 12.1. The van der Waals surface area contributed by atoms with Crippen molar-refractivity contribution in [1.29, 1.82) is 0 Å². The molecule has 4 N–H and O–H groups in total. The first-order valence-corrected chi connectivity index (χ1v) is 14.9. The average Bonchev–Trinajstić information content (AvgIpc) is 3.22. The average molecular weight is 591 g/mol. The Balaban J connectivity index is 1.77. The fourth-order valence-electron chi connectivity index (χ4n) is 5.60. The van der Waals surface area contributed by atoms with E-state index < -0.39 is 5.97 Å². The number of benzene rings is 1. The largest absolute Gasteiger partial charge is 0.494 e. The van der Waals surface area contributed by atoms with E-state index in [2.05, 4.69) is 42.8 Å². The maximum absolute atomic E-state index is 12.7. The number of nitrogens with one attached hydrogen (secondary N) is 1. The molecule has 0 bridgehead atoms. The van der Waals surface area contributed by atoms with Crippen LogP contribution in [0.4, 0.5) is 34.5 Å². The molecule has 0 saturated carbocycles. The fraction of sp³-hybridized carbons (Fsp3) is 0.500. The number of methoxy groups -OCH3 is 1. The van der Waals surface area contributed by atoms with Gasteiger partial charge in [0.25, 0.3) is 0 Å². The molecule has 3 aromatic rings. The number of aromatic carboxylic acids is 1. The second-order valence-corrected chi connectivity index (χ2v) is 12.1. The van der Waals surface area contributed by atoms with E-state index in [0.29, 0.717) is 35.2 Å². The predicted octanol–water partition coefficient (Wildman–Crippen LogP) is 5.54. The zero-order valence-electron chi connectivity index (χ0n) is 26.9. The summed E-state index contributed by atoms with van der Waals surface area (Å²) in [5.74, 6) is -0.0880. The number of nitrogens with two attached hydrogens (primary N) is 1. The fourth-order valence-corrected chi connectivity index (χ4v) is 5.60. The highest BCUT2D eigenvalue weighted by Crippen LogP contribution is 2.45. The van der Waals surface area contributed by atoms with Crippen LogP contribution in [0.1, 0.15) is 74.9 Å². The summed E-state index contributed by atoms with van der Waals surface area (Å²) in [6.45, 7) is 18.6. The summed E-state index contributed by atoms with van der Waals surface area (Å²) >= 11 is 0. The highest BCUT2D eigenvalue weighted by atomic mass is 16.5. The number of aromatic nitrogens is 3. The molecule has 0 fully saturated rings. The van der Waals surface area contributed by atoms with Gasteiger partial charge in [-0.3, -0.25) is 4.98 Å². The highest BCUT2D eigenvalue weighted by molar-refractivity contribution is 5.97. The van der Waals surface area contributed by atoms with Gasteiger partial charge in [-0.1, -0.05) is 41.5 Å². The Morgan fingerprint density at radius 3 is 2.47 bits per heavy atom. The van der Waals surface area contributed by atoms with E-state index in [0.717, 1.165) is 48.9 Å². The summed E-state index contributed by atoms with van der Waals surface area (Å²) in [5, 5.41) is 13.7. The van der Waals surface area contributed by atoms with Gasteiger partial charge < -0.3 is 35.6 Å². The number of likely N-dealkylation sites (N-methyl/N-ethyl adjacent to an activating group) is 2. The Labute approximate surface area is 255 Å². The molecule has 43 heavy (non-hydrogen) atoms. The van der Waals surface area contributed by atoms with Crippen molar-refractivity contribution >= 4 is 40.5 Å². The number of carboxylic acid groups (broad SMARTS) is 1. The number of hydrogen-bond donors (Lipinski definition) is 3. The molecule has 1 aliphatic rings. The van der Waals surface area contributed by atoms with Crippen molar-refractivity contribution in [1.82, 2.24) is 19.9 Å². The Hall–Kier alpha value is -4.12. The summed E-state index contributed by atoms with van der Waals surface area (Å²) < 4.78 is 5.76. The van der Waals surface area contributed by atoms with Crippen LogP contribution in [0.2, 0.25) is 0 Å². The maximum Gasteiger partial charge on any atom is 0.341 e. The van der Waals surface area contributed by atoms with Gasteiger partial charge in [0, 0.05) is 43.9 Å². The highest BCUT2D eigenvalue weighted by Gasteiger charge is 2.40. The minimum Gasteiger partial charge on any atom is -0.494 e. The number of nitrogens with zero attached hydrogens (tertiary/aromatic N) is 6. The van der Waals surface area contributed by atoms with Crippen LogP contribution in [0.3, 0.4) is 0 Å². The molecular formula is C32H46N8O3. The van der Waals surface area contributed by atoms with Gasteiger partial charge in [0.1, 0.15) is 11.3 Å². The van der Waals surface area contributed by atoms with Crippen LogP contribution in [0, 0.1) is 6.92 Å². The molecule has 0 aliphatic carbocycles. The molecule has 1 aliphatic heterocycles. The van der Waals surface area contributed by atoms with E-state index in [1.807, 2.05) is 57.0 Å². The van der Waals surface area contributed by atoms with Crippen LogP contribution in [-0.4, -0.2) is 77.8 Å². The molecule has 3 heterocycles. The molecular weight excluding hydrogens is 544 g/mol. The molecule has 0 radical (unpaired) electrons. The summed E-state index contributed by atoms with van der Waals surface area (Å²) in [7, 11) is 3.62. The van der Waals surface area contributed by atoms with Gasteiger partial charge in [-0.25, -0.2) is 9.78 Å². The quantitative estimate of drug-likeness (QED) is 0.230. The molecule has 11 heteroatoms. The molecule has 232 valence electrons. The van der Waals surface area contributed by atoms with Gasteiger partial charge in [0.15, 0.2) is 5.82 Å². The zero-order valence-corrected chi connectivity index (χ0v) is 26.9. The molecule has 1 aromatic carbocycles. The van der Waals surface area contributed by atoms with Crippen molar-refractivity contribution in [2.24, 2.45) is 0 Å². The van der Waals surface area contributed by atoms with Crippen molar-refractivity contribution in [3.63, 3.8) is 0 Å². The summed E-state index contributed by atoms with van der Waals surface area (Å²) in [6, 6.07) is 7.64. The van der Waals surface area contributed by atoms with Crippen LogP contribution in [0.5, 0.6) is 5.75 Å². The Morgan fingerprint density at radius 2 is 1.86 bits per heavy atom. The smallest absolute Gasteiger partial charge is 0.341 e. The predicted molar refractivity (Wildman–Crippen MR) is 174 cm³/mol. The number of ether oxygens (including phenoxy) is 1. The molecule has 0 unspecified atom stereocenters. The Bertz CT molecular complexity index is 1490. The summed E-state index contributed by atoms with van der Waals surface area (Å²) in [6.07, 6.45) is 0. The molecule has 0 amide bonds.